The maximum Gasteiger partial charge on any atom is 0.156 e. The molecular weight excluding hydrogens is 268 g/mol. The van der Waals surface area contributed by atoms with Crippen molar-refractivity contribution in [2.24, 2.45) is 0 Å². The highest BCUT2D eigenvalue weighted by Gasteiger charge is 2.13. The van der Waals surface area contributed by atoms with Crippen molar-refractivity contribution < 1.29 is 0 Å². The summed E-state index contributed by atoms with van der Waals surface area (Å²) in [6.45, 7) is 0. The van der Waals surface area contributed by atoms with Gasteiger partial charge in [-0.3, -0.25) is 0 Å². The van der Waals surface area contributed by atoms with Crippen molar-refractivity contribution in [3.63, 3.8) is 0 Å². The first-order valence-electron chi connectivity index (χ1n) is 5.27. The number of nitrogen functional groups attached to an aromatic ring is 1. The summed E-state index contributed by atoms with van der Waals surface area (Å²) in [6.07, 6.45) is 0. The van der Waals surface area contributed by atoms with Crippen LogP contribution in [-0.2, 0) is 0 Å². The maximum atomic E-state index is 6.08. The normalized spacial score (nSPS) is 10.7. The molecule has 2 heterocycles. The first-order chi connectivity index (χ1) is 8.75. The van der Waals surface area contributed by atoms with Crippen LogP contribution in [-0.4, -0.2) is 15.0 Å². The molecule has 3 aromatic rings. The fraction of sp³-hybridized carbons (Fsp3) is 0. The van der Waals surface area contributed by atoms with Crippen LogP contribution >= 0.6 is 22.9 Å². The summed E-state index contributed by atoms with van der Waals surface area (Å²) in [4.78, 5) is 1.01. The van der Waals surface area contributed by atoms with Gasteiger partial charge in [0, 0.05) is 5.02 Å². The second-order valence-corrected chi connectivity index (χ2v) is 5.07. The molecule has 90 valence electrons. The van der Waals surface area contributed by atoms with Crippen LogP contribution in [0.3, 0.4) is 0 Å². The topological polar surface area (TPSA) is 56.7 Å². The quantitative estimate of drug-likeness (QED) is 0.782. The summed E-state index contributed by atoms with van der Waals surface area (Å²) in [5.41, 5.74) is 7.62. The van der Waals surface area contributed by atoms with Gasteiger partial charge in [0.25, 0.3) is 0 Å². The average molecular weight is 277 g/mol. The molecule has 0 unspecified atom stereocenters. The summed E-state index contributed by atoms with van der Waals surface area (Å²) in [5, 5.41) is 10.9. The van der Waals surface area contributed by atoms with Gasteiger partial charge < -0.3 is 5.73 Å². The summed E-state index contributed by atoms with van der Waals surface area (Å²) in [5.74, 6) is 0.528. The van der Waals surface area contributed by atoms with Gasteiger partial charge in [0.2, 0.25) is 0 Å². The van der Waals surface area contributed by atoms with Gasteiger partial charge in [-0.05, 0) is 35.7 Å². The Morgan fingerprint density at radius 1 is 1.17 bits per heavy atom. The van der Waals surface area contributed by atoms with E-state index < -0.39 is 0 Å². The number of rotatable bonds is 2. The van der Waals surface area contributed by atoms with Crippen LogP contribution < -0.4 is 5.73 Å². The summed E-state index contributed by atoms with van der Waals surface area (Å²) >= 11 is 7.43. The molecular formula is C12H9ClN4S. The van der Waals surface area contributed by atoms with Gasteiger partial charge in [-0.2, -0.15) is 4.68 Å². The van der Waals surface area contributed by atoms with Gasteiger partial charge in [-0.25, -0.2) is 0 Å². The SMILES string of the molecule is Nc1c(-c2cccs2)nnn1-c1ccc(Cl)cc1. The lowest BCUT2D eigenvalue weighted by Gasteiger charge is -2.02. The Bertz CT molecular complexity index is 658. The first-order valence-corrected chi connectivity index (χ1v) is 6.52. The maximum absolute atomic E-state index is 6.08. The number of nitrogens with zero attached hydrogens (tertiary/aromatic N) is 3. The Labute approximate surface area is 113 Å². The molecule has 6 heteroatoms. The molecule has 0 aliphatic rings. The van der Waals surface area contributed by atoms with Gasteiger partial charge in [0.1, 0.15) is 5.69 Å². The van der Waals surface area contributed by atoms with Crippen molar-refractivity contribution >= 4 is 28.8 Å². The van der Waals surface area contributed by atoms with E-state index in [0.29, 0.717) is 16.5 Å². The van der Waals surface area contributed by atoms with Crippen molar-refractivity contribution in [2.45, 2.75) is 0 Å². The third-order valence-electron chi connectivity index (χ3n) is 2.53. The molecule has 0 fully saturated rings. The molecule has 2 aromatic heterocycles. The smallest absolute Gasteiger partial charge is 0.156 e. The molecule has 4 nitrogen and oxygen atoms in total. The number of benzene rings is 1. The average Bonchev–Trinajstić information content (AvgIpc) is 2.99. The molecule has 0 saturated heterocycles. The van der Waals surface area contributed by atoms with Crippen LogP contribution in [0.15, 0.2) is 41.8 Å². The van der Waals surface area contributed by atoms with Crippen LogP contribution in [0.2, 0.25) is 5.02 Å². The van der Waals surface area contributed by atoms with E-state index >= 15 is 0 Å². The zero-order valence-electron chi connectivity index (χ0n) is 9.25. The zero-order valence-corrected chi connectivity index (χ0v) is 10.8. The van der Waals surface area contributed by atoms with Gasteiger partial charge in [-0.15, -0.1) is 16.4 Å². The summed E-state index contributed by atoms with van der Waals surface area (Å²) in [7, 11) is 0. The standard InChI is InChI=1S/C12H9ClN4S/c13-8-3-5-9(6-4-8)17-12(14)11(15-16-17)10-2-1-7-18-10/h1-7H,14H2. The van der Waals surface area contributed by atoms with Crippen molar-refractivity contribution in [2.75, 3.05) is 5.73 Å². The monoisotopic (exact) mass is 276 g/mol. The molecule has 1 aromatic carbocycles. The van der Waals surface area contributed by atoms with Gasteiger partial charge in [0.05, 0.1) is 10.6 Å². The van der Waals surface area contributed by atoms with Crippen LogP contribution in [0.25, 0.3) is 16.3 Å². The highest BCUT2D eigenvalue weighted by molar-refractivity contribution is 7.13. The van der Waals surface area contributed by atoms with E-state index in [1.807, 2.05) is 29.6 Å². The van der Waals surface area contributed by atoms with Gasteiger partial charge in [0.15, 0.2) is 5.82 Å². The van der Waals surface area contributed by atoms with E-state index in [0.717, 1.165) is 10.6 Å². The van der Waals surface area contributed by atoms with Crippen molar-refractivity contribution in [1.82, 2.24) is 15.0 Å². The predicted molar refractivity (Wildman–Crippen MR) is 74.1 cm³/mol. The number of aromatic nitrogens is 3. The third-order valence-corrected chi connectivity index (χ3v) is 3.66. The minimum Gasteiger partial charge on any atom is -0.382 e. The van der Waals surface area contributed by atoms with E-state index in [9.17, 15) is 0 Å². The van der Waals surface area contributed by atoms with E-state index in [4.69, 9.17) is 17.3 Å². The first kappa shape index (κ1) is 11.3. The van der Waals surface area contributed by atoms with Crippen LogP contribution in [0, 0.1) is 0 Å². The summed E-state index contributed by atoms with van der Waals surface area (Å²) < 4.78 is 1.60. The van der Waals surface area contributed by atoms with Crippen LogP contribution in [0.5, 0.6) is 0 Å². The Hall–Kier alpha value is -1.85. The molecule has 2 N–H and O–H groups in total. The second kappa shape index (κ2) is 4.44. The Morgan fingerprint density at radius 2 is 1.94 bits per heavy atom. The zero-order chi connectivity index (χ0) is 12.5. The molecule has 0 aliphatic heterocycles. The Kier molecular flexibility index (Phi) is 2.77. The molecule has 0 radical (unpaired) electrons. The van der Waals surface area contributed by atoms with E-state index in [2.05, 4.69) is 10.3 Å². The lowest BCUT2D eigenvalue weighted by Crippen LogP contribution is -2.01. The highest BCUT2D eigenvalue weighted by atomic mass is 35.5. The number of thiophene rings is 1. The number of hydrogen-bond acceptors (Lipinski definition) is 4. The molecule has 0 atom stereocenters. The van der Waals surface area contributed by atoms with Gasteiger partial charge in [-0.1, -0.05) is 22.9 Å². The molecule has 0 saturated carbocycles. The molecule has 0 amide bonds. The number of halogens is 1. The molecule has 0 aliphatic carbocycles. The van der Waals surface area contributed by atoms with Crippen LogP contribution in [0.4, 0.5) is 5.82 Å². The second-order valence-electron chi connectivity index (χ2n) is 3.69. The number of hydrogen-bond donors (Lipinski definition) is 1. The molecule has 18 heavy (non-hydrogen) atoms. The summed E-state index contributed by atoms with van der Waals surface area (Å²) in [6, 6.07) is 11.2. The minimum atomic E-state index is 0.528. The van der Waals surface area contributed by atoms with E-state index in [-0.39, 0.29) is 0 Å². The largest absolute Gasteiger partial charge is 0.382 e. The fourth-order valence-electron chi connectivity index (χ4n) is 1.65. The van der Waals surface area contributed by atoms with Gasteiger partial charge >= 0.3 is 0 Å². The lowest BCUT2D eigenvalue weighted by atomic mass is 10.3. The van der Waals surface area contributed by atoms with Crippen molar-refractivity contribution in [3.8, 4) is 16.3 Å². The Morgan fingerprint density at radius 3 is 2.61 bits per heavy atom. The van der Waals surface area contributed by atoms with E-state index in [1.165, 1.54) is 0 Å². The lowest BCUT2D eigenvalue weighted by molar-refractivity contribution is 0.810. The Balaban J connectivity index is 2.07. The fourth-order valence-corrected chi connectivity index (χ4v) is 2.49. The molecule has 0 spiro atoms. The van der Waals surface area contributed by atoms with Crippen LogP contribution in [0.1, 0.15) is 0 Å². The number of nitrogens with two attached hydrogens (primary N) is 1. The minimum absolute atomic E-state index is 0.528. The predicted octanol–water partition coefficient (Wildman–Crippen LogP) is 3.23. The van der Waals surface area contributed by atoms with Crippen molar-refractivity contribution in [1.29, 1.82) is 0 Å². The number of anilines is 1. The highest BCUT2D eigenvalue weighted by Crippen LogP contribution is 2.28. The molecule has 3 rings (SSSR count). The third kappa shape index (κ3) is 1.87. The molecule has 0 bridgehead atoms. The van der Waals surface area contributed by atoms with E-state index in [1.54, 1.807) is 28.2 Å². The van der Waals surface area contributed by atoms with Crippen molar-refractivity contribution in [3.05, 3.63) is 46.8 Å².